The number of amides is 1. The van der Waals surface area contributed by atoms with Gasteiger partial charge in [0.25, 0.3) is 0 Å². The highest BCUT2D eigenvalue weighted by Crippen LogP contribution is 2.37. The fourth-order valence-corrected chi connectivity index (χ4v) is 4.19. The van der Waals surface area contributed by atoms with E-state index in [2.05, 4.69) is 25.1 Å². The number of nitrogens with zero attached hydrogens (tertiary/aromatic N) is 1. The Bertz CT molecular complexity index is 575. The van der Waals surface area contributed by atoms with Crippen LogP contribution < -0.4 is 0 Å². The summed E-state index contributed by atoms with van der Waals surface area (Å²) < 4.78 is 5.75. The van der Waals surface area contributed by atoms with Gasteiger partial charge in [0.1, 0.15) is 5.76 Å². The van der Waals surface area contributed by atoms with Crippen LogP contribution in [0.1, 0.15) is 70.3 Å². The minimum absolute atomic E-state index is 0.134. The summed E-state index contributed by atoms with van der Waals surface area (Å²) in [6.07, 6.45) is 12.9. The molecular formula is C22H31NO2. The van der Waals surface area contributed by atoms with Crippen LogP contribution in [-0.4, -0.2) is 23.6 Å². The Morgan fingerprint density at radius 2 is 1.84 bits per heavy atom. The first-order chi connectivity index (χ1) is 12.3. The summed E-state index contributed by atoms with van der Waals surface area (Å²) in [7, 11) is 0. The van der Waals surface area contributed by atoms with Crippen LogP contribution in [0.3, 0.4) is 0 Å². The third-order valence-electron chi connectivity index (χ3n) is 5.52. The Hall–Kier alpha value is -1.77. The van der Waals surface area contributed by atoms with Gasteiger partial charge in [0.05, 0.1) is 6.04 Å². The molecule has 136 valence electrons. The van der Waals surface area contributed by atoms with Crippen LogP contribution in [0.5, 0.6) is 0 Å². The SMILES string of the molecule is CCCCCCN1C(=O)O/C(=C\c2ccccc2)C1C1CCCCC1. The van der Waals surface area contributed by atoms with Gasteiger partial charge in [0.15, 0.2) is 0 Å². The predicted octanol–water partition coefficient (Wildman–Crippen LogP) is 6.01. The third-order valence-corrected chi connectivity index (χ3v) is 5.52. The van der Waals surface area contributed by atoms with Crippen molar-refractivity contribution in [2.45, 2.75) is 70.8 Å². The molecule has 1 saturated carbocycles. The van der Waals surface area contributed by atoms with Crippen molar-refractivity contribution in [2.24, 2.45) is 5.92 Å². The number of carbonyl (C=O) groups is 1. The summed E-state index contributed by atoms with van der Waals surface area (Å²) in [4.78, 5) is 14.6. The molecule has 25 heavy (non-hydrogen) atoms. The van der Waals surface area contributed by atoms with Crippen LogP contribution in [0.25, 0.3) is 6.08 Å². The largest absolute Gasteiger partial charge is 0.415 e. The van der Waals surface area contributed by atoms with Gasteiger partial charge < -0.3 is 4.74 Å². The van der Waals surface area contributed by atoms with Crippen LogP contribution in [0.4, 0.5) is 4.79 Å². The zero-order valence-corrected chi connectivity index (χ0v) is 15.5. The van der Waals surface area contributed by atoms with Gasteiger partial charge >= 0.3 is 6.09 Å². The number of benzene rings is 1. The average Bonchev–Trinajstić information content (AvgIpc) is 2.95. The maximum absolute atomic E-state index is 12.6. The van der Waals surface area contributed by atoms with E-state index in [-0.39, 0.29) is 12.1 Å². The van der Waals surface area contributed by atoms with Crippen molar-refractivity contribution in [3.63, 3.8) is 0 Å². The van der Waals surface area contributed by atoms with Crippen LogP contribution in [0.2, 0.25) is 0 Å². The first-order valence-corrected chi connectivity index (χ1v) is 10.0. The lowest BCUT2D eigenvalue weighted by molar-refractivity contribution is 0.153. The molecule has 2 fully saturated rings. The number of ether oxygens (including phenoxy) is 1. The summed E-state index contributed by atoms with van der Waals surface area (Å²) in [5, 5.41) is 0. The average molecular weight is 341 g/mol. The van der Waals surface area contributed by atoms with Crippen molar-refractivity contribution in [3.05, 3.63) is 41.7 Å². The lowest BCUT2D eigenvalue weighted by atomic mass is 9.82. The van der Waals surface area contributed by atoms with E-state index in [1.807, 2.05) is 23.1 Å². The highest BCUT2D eigenvalue weighted by Gasteiger charge is 2.42. The molecule has 2 aliphatic rings. The molecule has 1 saturated heterocycles. The number of rotatable bonds is 7. The molecule has 1 heterocycles. The minimum atomic E-state index is -0.144. The summed E-state index contributed by atoms with van der Waals surface area (Å²) in [6.45, 7) is 3.04. The number of cyclic esters (lactones) is 1. The molecule has 1 aromatic carbocycles. The van der Waals surface area contributed by atoms with E-state index in [0.717, 1.165) is 24.3 Å². The van der Waals surface area contributed by atoms with E-state index >= 15 is 0 Å². The molecule has 0 aromatic heterocycles. The molecule has 1 aliphatic heterocycles. The first-order valence-electron chi connectivity index (χ1n) is 10.0. The molecule has 0 radical (unpaired) electrons. The van der Waals surface area contributed by atoms with E-state index < -0.39 is 0 Å². The fourth-order valence-electron chi connectivity index (χ4n) is 4.19. The van der Waals surface area contributed by atoms with Crippen molar-refractivity contribution >= 4 is 12.2 Å². The zero-order valence-electron chi connectivity index (χ0n) is 15.5. The maximum Gasteiger partial charge on any atom is 0.415 e. The molecule has 3 nitrogen and oxygen atoms in total. The molecule has 1 aromatic rings. The maximum atomic E-state index is 12.6. The van der Waals surface area contributed by atoms with Crippen molar-refractivity contribution in [1.29, 1.82) is 0 Å². The van der Waals surface area contributed by atoms with Gasteiger partial charge in [0.2, 0.25) is 0 Å². The summed E-state index contributed by atoms with van der Waals surface area (Å²) in [5.74, 6) is 1.40. The van der Waals surface area contributed by atoms with Crippen LogP contribution in [0.15, 0.2) is 36.1 Å². The normalized spacial score (nSPS) is 23.2. The molecule has 1 atom stereocenters. The Morgan fingerprint density at radius 3 is 2.56 bits per heavy atom. The molecule has 0 bridgehead atoms. The molecule has 1 unspecified atom stereocenters. The molecule has 0 N–H and O–H groups in total. The monoisotopic (exact) mass is 341 g/mol. The predicted molar refractivity (Wildman–Crippen MR) is 102 cm³/mol. The van der Waals surface area contributed by atoms with E-state index in [0.29, 0.717) is 5.92 Å². The van der Waals surface area contributed by atoms with Gasteiger partial charge in [-0.15, -0.1) is 0 Å². The number of carbonyl (C=O) groups excluding carboxylic acids is 1. The molecule has 1 aliphatic carbocycles. The standard InChI is InChI=1S/C22H31NO2/c1-2-3-4-11-16-23-21(19-14-9-6-10-15-19)20(25-22(23)24)17-18-12-7-5-8-13-18/h5,7-8,12-13,17,19,21H,2-4,6,9-11,14-16H2,1H3/b20-17-. The topological polar surface area (TPSA) is 29.5 Å². The zero-order chi connectivity index (χ0) is 17.5. The quantitative estimate of drug-likeness (QED) is 0.568. The number of hydrogen-bond donors (Lipinski definition) is 0. The Labute approximate surface area is 152 Å². The van der Waals surface area contributed by atoms with E-state index in [4.69, 9.17) is 4.74 Å². The molecule has 3 rings (SSSR count). The van der Waals surface area contributed by atoms with Crippen LogP contribution >= 0.6 is 0 Å². The van der Waals surface area contributed by atoms with Gasteiger partial charge in [-0.05, 0) is 36.8 Å². The van der Waals surface area contributed by atoms with Crippen molar-refractivity contribution in [2.75, 3.05) is 6.54 Å². The van der Waals surface area contributed by atoms with Gasteiger partial charge in [0, 0.05) is 6.54 Å². The minimum Gasteiger partial charge on any atom is -0.412 e. The summed E-state index contributed by atoms with van der Waals surface area (Å²) in [6, 6.07) is 10.4. The van der Waals surface area contributed by atoms with Gasteiger partial charge in [-0.25, -0.2) is 4.79 Å². The van der Waals surface area contributed by atoms with Crippen molar-refractivity contribution < 1.29 is 9.53 Å². The Kier molecular flexibility index (Phi) is 6.55. The van der Waals surface area contributed by atoms with E-state index in [1.54, 1.807) is 0 Å². The molecule has 1 amide bonds. The number of hydrogen-bond acceptors (Lipinski definition) is 2. The number of unbranched alkanes of at least 4 members (excludes halogenated alkanes) is 3. The molecule has 3 heteroatoms. The van der Waals surface area contributed by atoms with Crippen molar-refractivity contribution in [3.8, 4) is 0 Å². The Balaban J connectivity index is 1.78. The molecular weight excluding hydrogens is 310 g/mol. The van der Waals surface area contributed by atoms with Gasteiger partial charge in [-0.2, -0.15) is 0 Å². The first kappa shape index (κ1) is 18.0. The smallest absolute Gasteiger partial charge is 0.412 e. The second-order valence-corrected chi connectivity index (χ2v) is 7.42. The Morgan fingerprint density at radius 1 is 1.08 bits per heavy atom. The second-order valence-electron chi connectivity index (χ2n) is 7.42. The highest BCUT2D eigenvalue weighted by molar-refractivity contribution is 5.75. The summed E-state index contributed by atoms with van der Waals surface area (Å²) >= 11 is 0. The van der Waals surface area contributed by atoms with Crippen LogP contribution in [-0.2, 0) is 4.74 Å². The van der Waals surface area contributed by atoms with E-state index in [9.17, 15) is 4.79 Å². The van der Waals surface area contributed by atoms with Crippen molar-refractivity contribution in [1.82, 2.24) is 4.90 Å². The molecule has 0 spiro atoms. The van der Waals surface area contributed by atoms with E-state index in [1.165, 1.54) is 51.4 Å². The lowest BCUT2D eigenvalue weighted by Crippen LogP contribution is -2.39. The lowest BCUT2D eigenvalue weighted by Gasteiger charge is -2.32. The van der Waals surface area contributed by atoms with Gasteiger partial charge in [-0.3, -0.25) is 4.90 Å². The van der Waals surface area contributed by atoms with Crippen LogP contribution in [0, 0.1) is 5.92 Å². The highest BCUT2D eigenvalue weighted by atomic mass is 16.6. The second kappa shape index (κ2) is 9.07. The third kappa shape index (κ3) is 4.65. The van der Waals surface area contributed by atoms with Gasteiger partial charge in [-0.1, -0.05) is 75.8 Å². The fraction of sp³-hybridized carbons (Fsp3) is 0.591. The summed E-state index contributed by atoms with van der Waals surface area (Å²) in [5.41, 5.74) is 1.11.